The molecule has 1 amide bonds. The van der Waals surface area contributed by atoms with Gasteiger partial charge in [0, 0.05) is 23.3 Å². The van der Waals surface area contributed by atoms with Crippen LogP contribution in [0.25, 0.3) is 5.82 Å². The number of aryl methyl sites for hydroxylation is 2. The van der Waals surface area contributed by atoms with Crippen molar-refractivity contribution in [1.82, 2.24) is 24.5 Å². The largest absolute Gasteiger partial charge is 0.300 e. The van der Waals surface area contributed by atoms with E-state index >= 15 is 0 Å². The maximum absolute atomic E-state index is 12.3. The average molecular weight is 356 g/mol. The Kier molecular flexibility index (Phi) is 4.14. The van der Waals surface area contributed by atoms with Gasteiger partial charge in [0.25, 0.3) is 5.56 Å². The number of hydrogen-bond acceptors (Lipinski definition) is 6. The zero-order chi connectivity index (χ0) is 17.2. The Morgan fingerprint density at radius 1 is 1.28 bits per heavy atom. The second-order valence-corrected chi connectivity index (χ2v) is 6.87. The van der Waals surface area contributed by atoms with Crippen LogP contribution in [0.15, 0.2) is 35.4 Å². The highest BCUT2D eigenvalue weighted by Gasteiger charge is 2.17. The lowest BCUT2D eigenvalue weighted by molar-refractivity contribution is -0.117. The van der Waals surface area contributed by atoms with Crippen molar-refractivity contribution < 1.29 is 4.79 Å². The molecule has 0 spiro atoms. The zero-order valence-corrected chi connectivity index (χ0v) is 14.2. The summed E-state index contributed by atoms with van der Waals surface area (Å²) in [4.78, 5) is 30.0. The molecule has 128 valence electrons. The Balaban J connectivity index is 1.50. The van der Waals surface area contributed by atoms with Crippen molar-refractivity contribution in [2.75, 3.05) is 5.32 Å². The summed E-state index contributed by atoms with van der Waals surface area (Å²) in [5.74, 6) is 0.153. The van der Waals surface area contributed by atoms with E-state index in [0.717, 1.165) is 29.6 Å². The second kappa shape index (κ2) is 6.60. The highest BCUT2D eigenvalue weighted by molar-refractivity contribution is 7.15. The van der Waals surface area contributed by atoms with E-state index in [2.05, 4.69) is 20.5 Å². The molecule has 0 aliphatic heterocycles. The van der Waals surface area contributed by atoms with Gasteiger partial charge in [-0.15, -0.1) is 16.4 Å². The fraction of sp³-hybridized carbons (Fsp3) is 0.312. The molecule has 0 radical (unpaired) electrons. The molecule has 1 aliphatic rings. The van der Waals surface area contributed by atoms with Crippen molar-refractivity contribution >= 4 is 22.4 Å². The number of nitrogens with zero attached hydrogens (tertiary/aromatic N) is 5. The molecule has 8 nitrogen and oxygen atoms in total. The summed E-state index contributed by atoms with van der Waals surface area (Å²) in [5, 5.41) is 11.6. The van der Waals surface area contributed by atoms with Gasteiger partial charge in [0.15, 0.2) is 10.9 Å². The van der Waals surface area contributed by atoms with Crippen LogP contribution < -0.4 is 10.9 Å². The van der Waals surface area contributed by atoms with E-state index in [1.54, 1.807) is 24.5 Å². The van der Waals surface area contributed by atoms with Gasteiger partial charge in [0.05, 0.1) is 5.69 Å². The van der Waals surface area contributed by atoms with Gasteiger partial charge in [-0.2, -0.15) is 5.10 Å². The molecule has 0 atom stereocenters. The molecule has 4 rings (SSSR count). The molecule has 0 saturated carbocycles. The van der Waals surface area contributed by atoms with Crippen LogP contribution in [-0.2, 0) is 24.2 Å². The van der Waals surface area contributed by atoms with Crippen molar-refractivity contribution in [3.8, 4) is 5.82 Å². The molecule has 9 heteroatoms. The maximum atomic E-state index is 12.3. The summed E-state index contributed by atoms with van der Waals surface area (Å²) < 4.78 is 2.66. The van der Waals surface area contributed by atoms with E-state index < -0.39 is 0 Å². The Hall–Kier alpha value is -2.81. The summed E-state index contributed by atoms with van der Waals surface area (Å²) in [6, 6.07) is 4.70. The summed E-state index contributed by atoms with van der Waals surface area (Å²) >= 11 is 1.51. The standard InChI is InChI=1S/C16H16N6O2S/c23-14(19-16-18-11-4-1-2-5-12(11)25-16)10-22-15(24)7-6-13(20-22)21-9-3-8-17-21/h3,6-9H,1-2,4-5,10H2,(H,18,19,23). The number of hydrogen-bond donors (Lipinski definition) is 1. The Morgan fingerprint density at radius 3 is 2.96 bits per heavy atom. The normalized spacial score (nSPS) is 13.4. The summed E-state index contributed by atoms with van der Waals surface area (Å²) in [6.07, 6.45) is 7.64. The molecule has 0 bridgehead atoms. The minimum atomic E-state index is -0.343. The minimum Gasteiger partial charge on any atom is -0.300 e. The van der Waals surface area contributed by atoms with Crippen molar-refractivity contribution in [3.63, 3.8) is 0 Å². The Labute approximate surface area is 147 Å². The molecule has 0 unspecified atom stereocenters. The number of nitrogens with one attached hydrogen (secondary N) is 1. The van der Waals surface area contributed by atoms with Gasteiger partial charge in [-0.25, -0.2) is 14.3 Å². The van der Waals surface area contributed by atoms with Crippen LogP contribution in [0.3, 0.4) is 0 Å². The summed E-state index contributed by atoms with van der Waals surface area (Å²) in [5.41, 5.74) is 0.743. The number of thiazole rings is 1. The minimum absolute atomic E-state index is 0.168. The monoisotopic (exact) mass is 356 g/mol. The van der Waals surface area contributed by atoms with Crippen molar-refractivity contribution in [2.45, 2.75) is 32.2 Å². The molecule has 3 aromatic heterocycles. The first kappa shape index (κ1) is 15.7. The van der Waals surface area contributed by atoms with Crippen molar-refractivity contribution in [2.24, 2.45) is 0 Å². The van der Waals surface area contributed by atoms with Crippen LogP contribution in [0.4, 0.5) is 5.13 Å². The lowest BCUT2D eigenvalue weighted by Crippen LogP contribution is -2.30. The number of carbonyl (C=O) groups is 1. The van der Waals surface area contributed by atoms with E-state index in [0.29, 0.717) is 10.9 Å². The predicted molar refractivity (Wildman–Crippen MR) is 93.0 cm³/mol. The first-order chi connectivity index (χ1) is 12.2. The molecule has 1 aliphatic carbocycles. The third-order valence-corrected chi connectivity index (χ3v) is 5.05. The quantitative estimate of drug-likeness (QED) is 0.762. The van der Waals surface area contributed by atoms with Gasteiger partial charge in [-0.05, 0) is 37.8 Å². The van der Waals surface area contributed by atoms with Crippen molar-refractivity contribution in [1.29, 1.82) is 0 Å². The van der Waals surface area contributed by atoms with Crippen LogP contribution in [0.1, 0.15) is 23.4 Å². The SMILES string of the molecule is O=C(Cn1nc(-n2cccn2)ccc1=O)Nc1nc2c(s1)CCCC2. The van der Waals surface area contributed by atoms with Gasteiger partial charge >= 0.3 is 0 Å². The first-order valence-electron chi connectivity index (χ1n) is 8.06. The lowest BCUT2D eigenvalue weighted by Gasteiger charge is -2.06. The molecule has 0 fully saturated rings. The summed E-state index contributed by atoms with van der Waals surface area (Å²) in [6.45, 7) is -0.168. The fourth-order valence-electron chi connectivity index (χ4n) is 2.78. The Morgan fingerprint density at radius 2 is 2.16 bits per heavy atom. The lowest BCUT2D eigenvalue weighted by atomic mass is 10.0. The van der Waals surface area contributed by atoms with Gasteiger partial charge < -0.3 is 5.32 Å². The number of fused-ring (bicyclic) bond motifs is 1. The number of aromatic nitrogens is 5. The molecular formula is C16H16N6O2S. The van der Waals surface area contributed by atoms with Crippen LogP contribution >= 0.6 is 11.3 Å². The van der Waals surface area contributed by atoms with E-state index in [1.165, 1.54) is 33.4 Å². The van der Waals surface area contributed by atoms with Gasteiger partial charge in [0.2, 0.25) is 5.91 Å². The smallest absolute Gasteiger partial charge is 0.267 e. The molecule has 3 aromatic rings. The highest BCUT2D eigenvalue weighted by atomic mass is 32.1. The van der Waals surface area contributed by atoms with Gasteiger partial charge in [0.1, 0.15) is 6.54 Å². The van der Waals surface area contributed by atoms with E-state index in [9.17, 15) is 9.59 Å². The maximum Gasteiger partial charge on any atom is 0.267 e. The third kappa shape index (κ3) is 3.36. The number of carbonyl (C=O) groups excluding carboxylic acids is 1. The van der Waals surface area contributed by atoms with Crippen LogP contribution in [-0.4, -0.2) is 30.5 Å². The Bertz CT molecular complexity index is 936. The van der Waals surface area contributed by atoms with E-state index in [1.807, 2.05) is 0 Å². The molecule has 25 heavy (non-hydrogen) atoms. The van der Waals surface area contributed by atoms with Crippen LogP contribution in [0.5, 0.6) is 0 Å². The van der Waals surface area contributed by atoms with E-state index in [-0.39, 0.29) is 18.0 Å². The molecule has 0 aromatic carbocycles. The van der Waals surface area contributed by atoms with Crippen molar-refractivity contribution in [3.05, 3.63) is 51.5 Å². The van der Waals surface area contributed by atoms with Gasteiger partial charge in [-0.3, -0.25) is 9.59 Å². The zero-order valence-electron chi connectivity index (χ0n) is 13.4. The third-order valence-electron chi connectivity index (χ3n) is 3.98. The molecule has 1 N–H and O–H groups in total. The highest BCUT2D eigenvalue weighted by Crippen LogP contribution is 2.29. The van der Waals surface area contributed by atoms with Gasteiger partial charge in [-0.1, -0.05) is 0 Å². The second-order valence-electron chi connectivity index (χ2n) is 5.78. The topological polar surface area (TPSA) is 94.7 Å². The summed E-state index contributed by atoms with van der Waals surface area (Å²) in [7, 11) is 0. The fourth-order valence-corrected chi connectivity index (χ4v) is 3.84. The van der Waals surface area contributed by atoms with Crippen LogP contribution in [0, 0.1) is 0 Å². The molecule has 3 heterocycles. The average Bonchev–Trinajstić information content (AvgIpc) is 3.25. The molecular weight excluding hydrogens is 340 g/mol. The predicted octanol–water partition coefficient (Wildman–Crippen LogP) is 1.40. The van der Waals surface area contributed by atoms with E-state index in [4.69, 9.17) is 0 Å². The first-order valence-corrected chi connectivity index (χ1v) is 8.87. The van der Waals surface area contributed by atoms with Crippen LogP contribution in [0.2, 0.25) is 0 Å². The number of rotatable bonds is 4. The number of anilines is 1. The molecule has 0 saturated heterocycles. The number of amides is 1.